The van der Waals surface area contributed by atoms with Crippen molar-refractivity contribution in [1.29, 1.82) is 0 Å². The fourth-order valence-electron chi connectivity index (χ4n) is 1.94. The standard InChI is InChI=1S/C14H19N3O3S/c1-9-4-7-14(20-9)10(2)17-13-8-11(5-6-12(13)15)21(18,19)16-3/h4-8,10,16-17H,15H2,1-3H3. The molecule has 0 radical (unpaired) electrons. The van der Waals surface area contributed by atoms with Crippen molar-refractivity contribution < 1.29 is 12.8 Å². The van der Waals surface area contributed by atoms with Gasteiger partial charge in [0.15, 0.2) is 0 Å². The molecule has 0 aliphatic carbocycles. The van der Waals surface area contributed by atoms with E-state index in [9.17, 15) is 8.42 Å². The highest BCUT2D eigenvalue weighted by Gasteiger charge is 2.15. The van der Waals surface area contributed by atoms with E-state index in [1.807, 2.05) is 26.0 Å². The van der Waals surface area contributed by atoms with E-state index >= 15 is 0 Å². The SMILES string of the molecule is CNS(=O)(=O)c1ccc(N)c(NC(C)c2ccc(C)o2)c1. The number of hydrogen-bond donors (Lipinski definition) is 3. The van der Waals surface area contributed by atoms with Gasteiger partial charge >= 0.3 is 0 Å². The Morgan fingerprint density at radius 2 is 1.95 bits per heavy atom. The molecule has 1 unspecified atom stereocenters. The van der Waals surface area contributed by atoms with Gasteiger partial charge in [-0.2, -0.15) is 0 Å². The summed E-state index contributed by atoms with van der Waals surface area (Å²) >= 11 is 0. The minimum Gasteiger partial charge on any atom is -0.464 e. The second-order valence-corrected chi connectivity index (χ2v) is 6.66. The van der Waals surface area contributed by atoms with Crippen LogP contribution in [0.3, 0.4) is 0 Å². The molecule has 0 spiro atoms. The summed E-state index contributed by atoms with van der Waals surface area (Å²) in [5, 5.41) is 3.17. The zero-order valence-electron chi connectivity index (χ0n) is 12.2. The van der Waals surface area contributed by atoms with Gasteiger partial charge in [0.2, 0.25) is 10.0 Å². The van der Waals surface area contributed by atoms with Crippen LogP contribution in [0.15, 0.2) is 39.6 Å². The second kappa shape index (κ2) is 5.79. The van der Waals surface area contributed by atoms with Gasteiger partial charge in [0.25, 0.3) is 0 Å². The third-order valence-corrected chi connectivity index (χ3v) is 4.58. The number of aryl methyl sites for hydroxylation is 1. The molecular formula is C14H19N3O3S. The molecule has 2 rings (SSSR count). The minimum atomic E-state index is -3.50. The molecule has 1 aromatic heterocycles. The van der Waals surface area contributed by atoms with Crippen molar-refractivity contribution in [3.8, 4) is 0 Å². The molecule has 1 heterocycles. The summed E-state index contributed by atoms with van der Waals surface area (Å²) in [6.45, 7) is 3.78. The number of sulfonamides is 1. The summed E-state index contributed by atoms with van der Waals surface area (Å²) in [6.07, 6.45) is 0. The van der Waals surface area contributed by atoms with Crippen molar-refractivity contribution in [2.45, 2.75) is 24.8 Å². The fourth-order valence-corrected chi connectivity index (χ4v) is 2.69. The summed E-state index contributed by atoms with van der Waals surface area (Å²) < 4.78 is 31.5. The molecule has 0 saturated heterocycles. The van der Waals surface area contributed by atoms with Gasteiger partial charge in [0.1, 0.15) is 11.5 Å². The van der Waals surface area contributed by atoms with Crippen molar-refractivity contribution in [2.24, 2.45) is 0 Å². The van der Waals surface area contributed by atoms with Crippen LogP contribution in [0.2, 0.25) is 0 Å². The highest BCUT2D eigenvalue weighted by atomic mass is 32.2. The normalized spacial score (nSPS) is 13.1. The number of nitrogen functional groups attached to an aromatic ring is 1. The van der Waals surface area contributed by atoms with Crippen molar-refractivity contribution in [3.05, 3.63) is 41.9 Å². The van der Waals surface area contributed by atoms with Gasteiger partial charge in [-0.3, -0.25) is 0 Å². The Labute approximate surface area is 124 Å². The lowest BCUT2D eigenvalue weighted by molar-refractivity contribution is 0.467. The average Bonchev–Trinajstić information content (AvgIpc) is 2.87. The fraction of sp³-hybridized carbons (Fsp3) is 0.286. The molecule has 1 atom stereocenters. The molecular weight excluding hydrogens is 290 g/mol. The maximum absolute atomic E-state index is 11.8. The second-order valence-electron chi connectivity index (χ2n) is 4.77. The number of rotatable bonds is 5. The number of nitrogens with two attached hydrogens (primary N) is 1. The molecule has 0 aliphatic rings. The molecule has 114 valence electrons. The van der Waals surface area contributed by atoms with Crippen molar-refractivity contribution in [3.63, 3.8) is 0 Å². The van der Waals surface area contributed by atoms with Crippen LogP contribution in [0.1, 0.15) is 24.5 Å². The maximum atomic E-state index is 11.8. The summed E-state index contributed by atoms with van der Waals surface area (Å²) in [4.78, 5) is 0.157. The molecule has 0 saturated carbocycles. The van der Waals surface area contributed by atoms with E-state index in [0.29, 0.717) is 11.4 Å². The van der Waals surface area contributed by atoms with Crippen LogP contribution in [-0.2, 0) is 10.0 Å². The highest BCUT2D eigenvalue weighted by molar-refractivity contribution is 7.89. The largest absolute Gasteiger partial charge is 0.464 e. The van der Waals surface area contributed by atoms with E-state index in [0.717, 1.165) is 11.5 Å². The summed E-state index contributed by atoms with van der Waals surface area (Å²) in [5.41, 5.74) is 6.92. The van der Waals surface area contributed by atoms with Crippen LogP contribution in [-0.4, -0.2) is 15.5 Å². The van der Waals surface area contributed by atoms with E-state index in [2.05, 4.69) is 10.0 Å². The first-order valence-electron chi connectivity index (χ1n) is 6.49. The smallest absolute Gasteiger partial charge is 0.240 e. The number of furan rings is 1. The lowest BCUT2D eigenvalue weighted by Crippen LogP contribution is -2.19. The van der Waals surface area contributed by atoms with E-state index in [4.69, 9.17) is 10.2 Å². The molecule has 21 heavy (non-hydrogen) atoms. The predicted octanol–water partition coefficient (Wildman–Crippen LogP) is 2.25. The molecule has 4 N–H and O–H groups in total. The molecule has 7 heteroatoms. The quantitative estimate of drug-likeness (QED) is 0.736. The van der Waals surface area contributed by atoms with Crippen LogP contribution < -0.4 is 15.8 Å². The van der Waals surface area contributed by atoms with Crippen molar-refractivity contribution in [2.75, 3.05) is 18.1 Å². The van der Waals surface area contributed by atoms with Crippen LogP contribution in [0, 0.1) is 6.92 Å². The average molecular weight is 309 g/mol. The van der Waals surface area contributed by atoms with Crippen molar-refractivity contribution in [1.82, 2.24) is 4.72 Å². The predicted molar refractivity (Wildman–Crippen MR) is 82.6 cm³/mol. The van der Waals surface area contributed by atoms with E-state index in [-0.39, 0.29) is 10.9 Å². The Kier molecular flexibility index (Phi) is 4.24. The number of anilines is 2. The minimum absolute atomic E-state index is 0.131. The lowest BCUT2D eigenvalue weighted by Gasteiger charge is -2.16. The third kappa shape index (κ3) is 3.37. The van der Waals surface area contributed by atoms with Gasteiger partial charge in [0.05, 0.1) is 22.3 Å². The molecule has 1 aromatic carbocycles. The molecule has 2 aromatic rings. The Morgan fingerprint density at radius 1 is 1.24 bits per heavy atom. The van der Waals surface area contributed by atoms with Gasteiger partial charge in [-0.05, 0) is 51.2 Å². The zero-order valence-corrected chi connectivity index (χ0v) is 13.0. The third-order valence-electron chi connectivity index (χ3n) is 3.16. The maximum Gasteiger partial charge on any atom is 0.240 e. The van der Waals surface area contributed by atoms with Crippen LogP contribution in [0.25, 0.3) is 0 Å². The number of nitrogens with one attached hydrogen (secondary N) is 2. The first-order chi connectivity index (χ1) is 9.83. The Hall–Kier alpha value is -1.99. The monoisotopic (exact) mass is 309 g/mol. The van der Waals surface area contributed by atoms with Crippen molar-refractivity contribution >= 4 is 21.4 Å². The van der Waals surface area contributed by atoms with Gasteiger partial charge in [-0.1, -0.05) is 0 Å². The Bertz CT molecular complexity index is 738. The van der Waals surface area contributed by atoms with Gasteiger partial charge in [-0.25, -0.2) is 13.1 Å². The van der Waals surface area contributed by atoms with Crippen LogP contribution in [0.5, 0.6) is 0 Å². The molecule has 0 bridgehead atoms. The van der Waals surface area contributed by atoms with Gasteiger partial charge in [0, 0.05) is 0 Å². The molecule has 6 nitrogen and oxygen atoms in total. The van der Waals surface area contributed by atoms with E-state index < -0.39 is 10.0 Å². The van der Waals surface area contributed by atoms with Crippen LogP contribution >= 0.6 is 0 Å². The van der Waals surface area contributed by atoms with Gasteiger partial charge < -0.3 is 15.5 Å². The molecule has 0 fully saturated rings. The van der Waals surface area contributed by atoms with Crippen LogP contribution in [0.4, 0.5) is 11.4 Å². The Morgan fingerprint density at radius 3 is 2.52 bits per heavy atom. The van der Waals surface area contributed by atoms with E-state index in [1.54, 1.807) is 6.07 Å². The number of hydrogen-bond acceptors (Lipinski definition) is 5. The van der Waals surface area contributed by atoms with Gasteiger partial charge in [-0.15, -0.1) is 0 Å². The zero-order chi connectivity index (χ0) is 15.6. The first-order valence-corrected chi connectivity index (χ1v) is 7.98. The molecule has 0 aliphatic heterocycles. The number of benzene rings is 1. The van der Waals surface area contributed by atoms with E-state index in [1.165, 1.54) is 19.2 Å². The molecule has 0 amide bonds. The highest BCUT2D eigenvalue weighted by Crippen LogP contribution is 2.27. The Balaban J connectivity index is 2.29. The topological polar surface area (TPSA) is 97.4 Å². The summed E-state index contributed by atoms with van der Waals surface area (Å²) in [7, 11) is -2.13. The summed E-state index contributed by atoms with van der Waals surface area (Å²) in [5.74, 6) is 1.58. The lowest BCUT2D eigenvalue weighted by atomic mass is 10.2. The first kappa shape index (κ1) is 15.4. The summed E-state index contributed by atoms with van der Waals surface area (Å²) in [6, 6.07) is 8.15.